The van der Waals surface area contributed by atoms with E-state index in [0.29, 0.717) is 0 Å². The molecule has 0 saturated carbocycles. The minimum absolute atomic E-state index is 0.00430. The quantitative estimate of drug-likeness (QED) is 0.269. The molecule has 30 heavy (non-hydrogen) atoms. The van der Waals surface area contributed by atoms with Crippen LogP contribution in [0.25, 0.3) is 0 Å². The van der Waals surface area contributed by atoms with Gasteiger partial charge in [-0.25, -0.2) is 0 Å². The Balaban J connectivity index is 2.00. The zero-order valence-electron chi connectivity index (χ0n) is 17.6. The van der Waals surface area contributed by atoms with Gasteiger partial charge in [0.15, 0.2) is 5.79 Å². The van der Waals surface area contributed by atoms with Crippen molar-refractivity contribution in [3.63, 3.8) is 0 Å². The summed E-state index contributed by atoms with van der Waals surface area (Å²) in [5, 5.41) is 10.7. The van der Waals surface area contributed by atoms with E-state index in [1.54, 1.807) is 34.6 Å². The Hall–Kier alpha value is -2.08. The summed E-state index contributed by atoms with van der Waals surface area (Å²) in [5.74, 6) is -1.47. The van der Waals surface area contributed by atoms with Gasteiger partial charge in [-0.2, -0.15) is 8.42 Å². The SMILES string of the molecule is CC(C)(C)OC(=O)C[C@@H]1C[C@H](COS(=O)(=O)c2ccc([N+](=O)[O-])cc2)OC(C)(C)O1. The number of non-ortho nitro benzene ring substituents is 1. The summed E-state index contributed by atoms with van der Waals surface area (Å²) in [7, 11) is -4.14. The molecular weight excluding hydrogens is 418 g/mol. The maximum atomic E-state index is 12.4. The van der Waals surface area contributed by atoms with Gasteiger partial charge in [-0.15, -0.1) is 0 Å². The first kappa shape index (κ1) is 24.2. The van der Waals surface area contributed by atoms with E-state index >= 15 is 0 Å². The largest absolute Gasteiger partial charge is 0.460 e. The van der Waals surface area contributed by atoms with E-state index in [1.807, 2.05) is 0 Å². The number of nitro benzene ring substituents is 1. The lowest BCUT2D eigenvalue weighted by molar-refractivity contribution is -0.384. The van der Waals surface area contributed by atoms with Gasteiger partial charge < -0.3 is 14.2 Å². The Morgan fingerprint density at radius 3 is 2.30 bits per heavy atom. The molecule has 1 aliphatic rings. The number of carbonyl (C=O) groups is 1. The van der Waals surface area contributed by atoms with Gasteiger partial charge in [-0.3, -0.25) is 19.1 Å². The van der Waals surface area contributed by atoms with Crippen LogP contribution in [0.2, 0.25) is 0 Å². The van der Waals surface area contributed by atoms with Crippen LogP contribution in [0.3, 0.4) is 0 Å². The molecule has 1 saturated heterocycles. The molecule has 0 aromatic heterocycles. The molecule has 1 fully saturated rings. The second-order valence-corrected chi connectivity index (χ2v) is 10.0. The van der Waals surface area contributed by atoms with Gasteiger partial charge in [0, 0.05) is 18.6 Å². The summed E-state index contributed by atoms with van der Waals surface area (Å²) in [6.07, 6.45) is -0.943. The van der Waals surface area contributed by atoms with Crippen molar-refractivity contribution in [3.05, 3.63) is 34.4 Å². The number of rotatable bonds is 7. The number of ether oxygens (including phenoxy) is 3. The molecule has 1 heterocycles. The van der Waals surface area contributed by atoms with Crippen LogP contribution in [-0.4, -0.2) is 49.5 Å². The average molecular weight is 445 g/mol. The molecular formula is C19H27NO9S. The van der Waals surface area contributed by atoms with Crippen LogP contribution in [0.15, 0.2) is 29.2 Å². The summed E-state index contributed by atoms with van der Waals surface area (Å²) < 4.78 is 46.6. The van der Waals surface area contributed by atoms with Gasteiger partial charge >= 0.3 is 5.97 Å². The minimum Gasteiger partial charge on any atom is -0.460 e. The number of nitrogens with zero attached hydrogens (tertiary/aromatic N) is 1. The zero-order chi connectivity index (χ0) is 22.7. The van der Waals surface area contributed by atoms with Crippen molar-refractivity contribution in [3.8, 4) is 0 Å². The third kappa shape index (κ3) is 7.31. The lowest BCUT2D eigenvalue weighted by atomic mass is 10.1. The summed E-state index contributed by atoms with van der Waals surface area (Å²) in [6, 6.07) is 4.38. The predicted molar refractivity (Wildman–Crippen MR) is 105 cm³/mol. The normalized spacial score (nSPS) is 21.8. The highest BCUT2D eigenvalue weighted by Crippen LogP contribution is 2.30. The molecule has 0 bridgehead atoms. The van der Waals surface area contributed by atoms with Crippen LogP contribution >= 0.6 is 0 Å². The highest BCUT2D eigenvalue weighted by Gasteiger charge is 2.38. The van der Waals surface area contributed by atoms with Crippen molar-refractivity contribution in [2.75, 3.05) is 6.61 Å². The van der Waals surface area contributed by atoms with Gasteiger partial charge in [-0.05, 0) is 46.8 Å². The Labute approximate surface area is 175 Å². The van der Waals surface area contributed by atoms with Crippen molar-refractivity contribution in [1.29, 1.82) is 0 Å². The summed E-state index contributed by atoms with van der Waals surface area (Å²) in [6.45, 7) is 8.31. The lowest BCUT2D eigenvalue weighted by Crippen LogP contribution is -2.47. The molecule has 168 valence electrons. The smallest absolute Gasteiger partial charge is 0.308 e. The molecule has 1 aromatic rings. The Morgan fingerprint density at radius 2 is 1.77 bits per heavy atom. The average Bonchev–Trinajstić information content (AvgIpc) is 2.57. The van der Waals surface area contributed by atoms with Gasteiger partial charge in [0.25, 0.3) is 15.8 Å². The molecule has 10 nitrogen and oxygen atoms in total. The van der Waals surface area contributed by atoms with Crippen molar-refractivity contribution < 1.29 is 36.5 Å². The number of nitro groups is 1. The van der Waals surface area contributed by atoms with Crippen LogP contribution in [-0.2, 0) is 33.3 Å². The minimum atomic E-state index is -4.14. The summed E-state index contributed by atoms with van der Waals surface area (Å²) in [4.78, 5) is 22.0. The van der Waals surface area contributed by atoms with Crippen LogP contribution in [0.5, 0.6) is 0 Å². The fraction of sp³-hybridized carbons (Fsp3) is 0.632. The van der Waals surface area contributed by atoms with Crippen LogP contribution in [0.1, 0.15) is 47.5 Å². The number of esters is 1. The summed E-state index contributed by atoms with van der Waals surface area (Å²) in [5.41, 5.74) is -0.854. The Kier molecular flexibility index (Phi) is 7.23. The van der Waals surface area contributed by atoms with Crippen LogP contribution in [0.4, 0.5) is 5.69 Å². The molecule has 0 N–H and O–H groups in total. The first-order chi connectivity index (χ1) is 13.7. The first-order valence-electron chi connectivity index (χ1n) is 9.38. The van der Waals surface area contributed by atoms with E-state index < -0.39 is 44.6 Å². The third-order valence-electron chi connectivity index (χ3n) is 3.99. The van der Waals surface area contributed by atoms with Crippen LogP contribution in [0, 0.1) is 10.1 Å². The lowest BCUT2D eigenvalue weighted by Gasteiger charge is -2.40. The molecule has 0 radical (unpaired) electrons. The molecule has 0 spiro atoms. The van der Waals surface area contributed by atoms with E-state index in [0.717, 1.165) is 24.3 Å². The number of hydrogen-bond donors (Lipinski definition) is 0. The standard InChI is InChI=1S/C19H27NO9S/c1-18(2,3)29-17(21)11-14-10-15(28-19(4,5)27-14)12-26-30(24,25)16-8-6-13(7-9-16)20(22)23/h6-9,14-15H,10-12H2,1-5H3/t14-,15+/m0/s1. The maximum Gasteiger partial charge on any atom is 0.308 e. The molecule has 2 atom stereocenters. The van der Waals surface area contributed by atoms with E-state index in [9.17, 15) is 23.3 Å². The number of benzene rings is 1. The Morgan fingerprint density at radius 1 is 1.20 bits per heavy atom. The van der Waals surface area contributed by atoms with Gasteiger partial charge in [0.2, 0.25) is 0 Å². The third-order valence-corrected chi connectivity index (χ3v) is 5.28. The molecule has 1 aliphatic heterocycles. The fourth-order valence-corrected chi connectivity index (χ4v) is 3.92. The zero-order valence-corrected chi connectivity index (χ0v) is 18.4. The molecule has 0 amide bonds. The van der Waals surface area contributed by atoms with Crippen molar-refractivity contribution in [2.24, 2.45) is 0 Å². The second-order valence-electron chi connectivity index (χ2n) is 8.40. The van der Waals surface area contributed by atoms with Crippen molar-refractivity contribution in [2.45, 2.75) is 76.0 Å². The predicted octanol–water partition coefficient (Wildman–Crippen LogP) is 2.94. The molecule has 1 aromatic carbocycles. The van der Waals surface area contributed by atoms with Gasteiger partial charge in [0.1, 0.15) is 5.60 Å². The monoisotopic (exact) mass is 445 g/mol. The topological polar surface area (TPSA) is 131 Å². The fourth-order valence-electron chi connectivity index (χ4n) is 2.98. The van der Waals surface area contributed by atoms with Crippen LogP contribution < -0.4 is 0 Å². The summed E-state index contributed by atoms with van der Waals surface area (Å²) >= 11 is 0. The molecule has 11 heteroatoms. The van der Waals surface area contributed by atoms with E-state index in [-0.39, 0.29) is 30.0 Å². The maximum absolute atomic E-state index is 12.4. The number of carbonyl (C=O) groups excluding carboxylic acids is 1. The highest BCUT2D eigenvalue weighted by molar-refractivity contribution is 7.86. The van der Waals surface area contributed by atoms with E-state index in [1.165, 1.54) is 0 Å². The molecule has 0 aliphatic carbocycles. The number of hydrogen-bond acceptors (Lipinski definition) is 9. The second kappa shape index (κ2) is 8.96. The van der Waals surface area contributed by atoms with Gasteiger partial charge in [0.05, 0.1) is 35.1 Å². The highest BCUT2D eigenvalue weighted by atomic mass is 32.2. The van der Waals surface area contributed by atoms with E-state index in [2.05, 4.69) is 0 Å². The Bertz CT molecular complexity index is 872. The van der Waals surface area contributed by atoms with Crippen molar-refractivity contribution in [1.82, 2.24) is 0 Å². The van der Waals surface area contributed by atoms with E-state index in [4.69, 9.17) is 18.4 Å². The molecule has 0 unspecified atom stereocenters. The molecule has 2 rings (SSSR count). The van der Waals surface area contributed by atoms with Crippen molar-refractivity contribution >= 4 is 21.8 Å². The van der Waals surface area contributed by atoms with Gasteiger partial charge in [-0.1, -0.05) is 0 Å². The first-order valence-corrected chi connectivity index (χ1v) is 10.8.